The van der Waals surface area contributed by atoms with E-state index in [2.05, 4.69) is 16.9 Å². The molecule has 4 atom stereocenters. The number of nitrogens with zero attached hydrogens (tertiary/aromatic N) is 3. The molecule has 0 spiro atoms. The van der Waals surface area contributed by atoms with Gasteiger partial charge >= 0.3 is 0 Å². The van der Waals surface area contributed by atoms with Crippen LogP contribution in [0.2, 0.25) is 0 Å². The van der Waals surface area contributed by atoms with Crippen LogP contribution in [0.3, 0.4) is 0 Å². The minimum absolute atomic E-state index is 0.0213. The van der Waals surface area contributed by atoms with E-state index in [0.29, 0.717) is 12.2 Å². The van der Waals surface area contributed by atoms with Gasteiger partial charge in [0.1, 0.15) is 5.69 Å². The van der Waals surface area contributed by atoms with E-state index in [4.69, 9.17) is 5.73 Å². The fraction of sp³-hybridized carbons (Fsp3) is 0.688. The van der Waals surface area contributed by atoms with Crippen LogP contribution in [0, 0.1) is 5.41 Å². The molecule has 1 aliphatic carbocycles. The predicted octanol–water partition coefficient (Wildman–Crippen LogP) is 0.960. The van der Waals surface area contributed by atoms with Crippen molar-refractivity contribution in [3.8, 4) is 0 Å². The second-order valence-corrected chi connectivity index (χ2v) is 6.72. The summed E-state index contributed by atoms with van der Waals surface area (Å²) < 4.78 is 0. The molecule has 0 unspecified atom stereocenters. The quantitative estimate of drug-likeness (QED) is 0.849. The summed E-state index contributed by atoms with van der Waals surface area (Å²) in [5, 5.41) is 10.6. The van der Waals surface area contributed by atoms with E-state index in [1.165, 1.54) is 12.4 Å². The Morgan fingerprint density at radius 3 is 2.91 bits per heavy atom. The van der Waals surface area contributed by atoms with Crippen molar-refractivity contribution < 1.29 is 9.90 Å². The number of aromatic nitrogens is 2. The van der Waals surface area contributed by atoms with Gasteiger partial charge in [0.15, 0.2) is 0 Å². The number of hydrogen-bond acceptors (Lipinski definition) is 5. The molecule has 0 bridgehead atoms. The molecular weight excluding hydrogens is 280 g/mol. The van der Waals surface area contributed by atoms with E-state index in [9.17, 15) is 9.90 Å². The van der Waals surface area contributed by atoms with Gasteiger partial charge < -0.3 is 15.7 Å². The maximum Gasteiger partial charge on any atom is 0.274 e. The summed E-state index contributed by atoms with van der Waals surface area (Å²) in [5.74, 6) is -0.119. The molecule has 0 aromatic carbocycles. The minimum atomic E-state index is -0.381. The highest BCUT2D eigenvalue weighted by Crippen LogP contribution is 2.48. The first-order chi connectivity index (χ1) is 10.6. The van der Waals surface area contributed by atoms with Crippen LogP contribution in [-0.4, -0.2) is 50.6 Å². The van der Waals surface area contributed by atoms with Crippen LogP contribution in [0.5, 0.6) is 0 Å². The number of amides is 1. The second-order valence-electron chi connectivity index (χ2n) is 6.72. The Morgan fingerprint density at radius 2 is 2.23 bits per heavy atom. The molecule has 3 N–H and O–H groups in total. The first kappa shape index (κ1) is 15.4. The van der Waals surface area contributed by atoms with Gasteiger partial charge in [0.2, 0.25) is 0 Å². The molecule has 3 rings (SSSR count). The number of rotatable bonds is 2. The molecule has 22 heavy (non-hydrogen) atoms. The van der Waals surface area contributed by atoms with Crippen LogP contribution >= 0.6 is 0 Å². The van der Waals surface area contributed by atoms with Gasteiger partial charge in [0.25, 0.3) is 5.91 Å². The monoisotopic (exact) mass is 304 g/mol. The average Bonchev–Trinajstić information content (AvgIpc) is 2.77. The highest BCUT2D eigenvalue weighted by molar-refractivity contribution is 5.92. The molecule has 2 aliphatic rings. The largest absolute Gasteiger partial charge is 0.392 e. The predicted molar refractivity (Wildman–Crippen MR) is 82.0 cm³/mol. The Bertz CT molecular complexity index is 538. The lowest BCUT2D eigenvalue weighted by atomic mass is 9.75. The molecule has 1 aromatic heterocycles. The third-order valence-corrected chi connectivity index (χ3v) is 5.42. The van der Waals surface area contributed by atoms with Gasteiger partial charge in [-0.1, -0.05) is 19.8 Å². The maximum absolute atomic E-state index is 12.9. The lowest BCUT2D eigenvalue weighted by Crippen LogP contribution is -2.48. The number of fused-ring (bicyclic) bond motifs is 1. The summed E-state index contributed by atoms with van der Waals surface area (Å²) in [7, 11) is 0. The summed E-state index contributed by atoms with van der Waals surface area (Å²) in [6.45, 7) is 2.51. The molecule has 1 aromatic rings. The average molecular weight is 304 g/mol. The molecular formula is C16H24N4O2. The van der Waals surface area contributed by atoms with Crippen LogP contribution in [-0.2, 0) is 0 Å². The van der Waals surface area contributed by atoms with Crippen molar-refractivity contribution in [1.29, 1.82) is 0 Å². The van der Waals surface area contributed by atoms with Crippen LogP contribution in [0.4, 0.5) is 0 Å². The SMILES string of the molecule is C[C@@]12C[C@H](CN)N(C(=O)c3cnccn3)[C@@H]1CCCC[C@H]2O. The van der Waals surface area contributed by atoms with Gasteiger partial charge in [0.05, 0.1) is 12.3 Å². The molecule has 2 heterocycles. The summed E-state index contributed by atoms with van der Waals surface area (Å²) in [5.41, 5.74) is 6.00. The zero-order valence-corrected chi connectivity index (χ0v) is 13.0. The highest BCUT2D eigenvalue weighted by atomic mass is 16.3. The van der Waals surface area contributed by atoms with Crippen LogP contribution in [0.25, 0.3) is 0 Å². The Kier molecular flexibility index (Phi) is 4.14. The van der Waals surface area contributed by atoms with Crippen molar-refractivity contribution in [2.75, 3.05) is 6.54 Å². The van der Waals surface area contributed by atoms with Crippen LogP contribution in [0.15, 0.2) is 18.6 Å². The second kappa shape index (κ2) is 5.93. The number of likely N-dealkylation sites (tertiary alicyclic amines) is 1. The fourth-order valence-corrected chi connectivity index (χ4v) is 4.19. The van der Waals surface area contributed by atoms with Gasteiger partial charge in [0, 0.05) is 36.4 Å². The molecule has 1 saturated heterocycles. The lowest BCUT2D eigenvalue weighted by Gasteiger charge is -2.37. The maximum atomic E-state index is 12.9. The topological polar surface area (TPSA) is 92.3 Å². The van der Waals surface area contributed by atoms with Crippen LogP contribution < -0.4 is 5.73 Å². The van der Waals surface area contributed by atoms with E-state index in [0.717, 1.165) is 32.1 Å². The molecule has 1 saturated carbocycles. The summed E-state index contributed by atoms with van der Waals surface area (Å²) >= 11 is 0. The zero-order valence-electron chi connectivity index (χ0n) is 13.0. The highest BCUT2D eigenvalue weighted by Gasteiger charge is 2.54. The number of aliphatic hydroxyl groups excluding tert-OH is 1. The number of hydrogen-bond donors (Lipinski definition) is 2. The van der Waals surface area contributed by atoms with E-state index in [1.54, 1.807) is 6.20 Å². The lowest BCUT2D eigenvalue weighted by molar-refractivity contribution is 0.0120. The zero-order chi connectivity index (χ0) is 15.7. The van der Waals surface area contributed by atoms with E-state index in [-0.39, 0.29) is 29.5 Å². The first-order valence-corrected chi connectivity index (χ1v) is 8.04. The van der Waals surface area contributed by atoms with Crippen molar-refractivity contribution in [3.05, 3.63) is 24.3 Å². The standard InChI is InChI=1S/C16H24N4O2/c1-16-8-11(9-17)20(13(16)4-2-3-5-14(16)21)15(22)12-10-18-6-7-19-12/h6-7,10-11,13-14,21H,2-5,8-9,17H2,1H3/t11-,13-,14-,16-/m1/s1. The van der Waals surface area contributed by atoms with E-state index < -0.39 is 0 Å². The number of aliphatic hydroxyl groups is 1. The summed E-state index contributed by atoms with van der Waals surface area (Å²) in [6.07, 6.45) is 8.71. The van der Waals surface area contributed by atoms with Gasteiger partial charge in [-0.15, -0.1) is 0 Å². The van der Waals surface area contributed by atoms with Gasteiger partial charge in [-0.3, -0.25) is 9.78 Å². The van der Waals surface area contributed by atoms with Crippen LogP contribution in [0.1, 0.15) is 49.5 Å². The molecule has 6 nitrogen and oxygen atoms in total. The minimum Gasteiger partial charge on any atom is -0.392 e. The van der Waals surface area contributed by atoms with Crippen molar-refractivity contribution >= 4 is 5.91 Å². The molecule has 1 aliphatic heterocycles. The fourth-order valence-electron chi connectivity index (χ4n) is 4.19. The Morgan fingerprint density at radius 1 is 1.45 bits per heavy atom. The summed E-state index contributed by atoms with van der Waals surface area (Å²) in [6, 6.07) is -0.0229. The van der Waals surface area contributed by atoms with Gasteiger partial charge in [-0.25, -0.2) is 4.98 Å². The van der Waals surface area contributed by atoms with Crippen molar-refractivity contribution in [1.82, 2.24) is 14.9 Å². The summed E-state index contributed by atoms with van der Waals surface area (Å²) in [4.78, 5) is 22.9. The Hall–Kier alpha value is -1.53. The van der Waals surface area contributed by atoms with Gasteiger partial charge in [-0.05, 0) is 19.3 Å². The Labute approximate surface area is 130 Å². The third-order valence-electron chi connectivity index (χ3n) is 5.42. The molecule has 120 valence electrons. The normalized spacial score (nSPS) is 35.0. The van der Waals surface area contributed by atoms with Crippen molar-refractivity contribution in [2.24, 2.45) is 11.1 Å². The Balaban J connectivity index is 1.96. The van der Waals surface area contributed by atoms with E-state index >= 15 is 0 Å². The molecule has 0 radical (unpaired) electrons. The molecule has 6 heteroatoms. The third kappa shape index (κ3) is 2.40. The van der Waals surface area contributed by atoms with E-state index in [1.807, 2.05) is 4.90 Å². The first-order valence-electron chi connectivity index (χ1n) is 8.04. The smallest absolute Gasteiger partial charge is 0.274 e. The van der Waals surface area contributed by atoms with Crippen molar-refractivity contribution in [2.45, 2.75) is 57.2 Å². The number of nitrogens with two attached hydrogens (primary N) is 1. The van der Waals surface area contributed by atoms with Crippen molar-refractivity contribution in [3.63, 3.8) is 0 Å². The number of carbonyl (C=O) groups excluding carboxylic acids is 1. The number of carbonyl (C=O) groups is 1. The molecule has 2 fully saturated rings. The van der Waals surface area contributed by atoms with Gasteiger partial charge in [-0.2, -0.15) is 0 Å². The molecule has 1 amide bonds.